The maximum Gasteiger partial charge on any atom is 0.231 e. The third kappa shape index (κ3) is 3.19. The summed E-state index contributed by atoms with van der Waals surface area (Å²) in [7, 11) is 0. The van der Waals surface area contributed by atoms with Crippen LogP contribution in [0.15, 0.2) is 0 Å². The Morgan fingerprint density at radius 2 is 1.88 bits per heavy atom. The van der Waals surface area contributed by atoms with E-state index in [9.17, 15) is 0 Å². The minimum absolute atomic E-state index is 0.167. The minimum atomic E-state index is 0.167. The van der Waals surface area contributed by atoms with Gasteiger partial charge in [0.1, 0.15) is 0 Å². The SMILES string of the molecule is CCCC1CCCCN1c1nc(Cl)nc(Cl)n1. The molecule has 6 heteroatoms. The summed E-state index contributed by atoms with van der Waals surface area (Å²) < 4.78 is 0. The van der Waals surface area contributed by atoms with E-state index in [1.54, 1.807) is 0 Å². The lowest BCUT2D eigenvalue weighted by Gasteiger charge is -2.35. The highest BCUT2D eigenvalue weighted by Gasteiger charge is 2.24. The molecule has 1 aromatic rings. The van der Waals surface area contributed by atoms with Crippen molar-refractivity contribution < 1.29 is 0 Å². The molecule has 4 nitrogen and oxygen atoms in total. The first-order valence-corrected chi connectivity index (χ1v) is 6.80. The molecule has 17 heavy (non-hydrogen) atoms. The van der Waals surface area contributed by atoms with Crippen molar-refractivity contribution in [3.05, 3.63) is 10.6 Å². The zero-order valence-electron chi connectivity index (χ0n) is 9.86. The molecule has 1 aromatic heterocycles. The fraction of sp³-hybridized carbons (Fsp3) is 0.727. The predicted octanol–water partition coefficient (Wildman–Crippen LogP) is 3.34. The van der Waals surface area contributed by atoms with Crippen molar-refractivity contribution in [2.75, 3.05) is 11.4 Å². The van der Waals surface area contributed by atoms with E-state index < -0.39 is 0 Å². The number of nitrogens with zero attached hydrogens (tertiary/aromatic N) is 4. The third-order valence-corrected chi connectivity index (χ3v) is 3.41. The Morgan fingerprint density at radius 3 is 2.53 bits per heavy atom. The van der Waals surface area contributed by atoms with Gasteiger partial charge in [-0.2, -0.15) is 15.0 Å². The first kappa shape index (κ1) is 12.8. The molecular weight excluding hydrogens is 259 g/mol. The average molecular weight is 275 g/mol. The van der Waals surface area contributed by atoms with E-state index in [2.05, 4.69) is 26.8 Å². The van der Waals surface area contributed by atoms with Gasteiger partial charge in [0, 0.05) is 12.6 Å². The number of anilines is 1. The van der Waals surface area contributed by atoms with Crippen LogP contribution in [-0.2, 0) is 0 Å². The molecule has 0 spiro atoms. The molecular formula is C11H16Cl2N4. The fourth-order valence-corrected chi connectivity index (χ4v) is 2.70. The molecule has 2 rings (SSSR count). The van der Waals surface area contributed by atoms with Gasteiger partial charge in [-0.1, -0.05) is 13.3 Å². The van der Waals surface area contributed by atoms with Crippen LogP contribution in [0.3, 0.4) is 0 Å². The summed E-state index contributed by atoms with van der Waals surface area (Å²) in [6.45, 7) is 3.17. The molecule has 0 N–H and O–H groups in total. The van der Waals surface area contributed by atoms with Crippen LogP contribution in [0.25, 0.3) is 0 Å². The summed E-state index contributed by atoms with van der Waals surface area (Å²) in [6, 6.07) is 0.503. The van der Waals surface area contributed by atoms with Gasteiger partial charge in [0.15, 0.2) is 0 Å². The van der Waals surface area contributed by atoms with E-state index in [0.29, 0.717) is 12.0 Å². The van der Waals surface area contributed by atoms with Gasteiger partial charge in [-0.05, 0) is 48.9 Å². The van der Waals surface area contributed by atoms with Crippen molar-refractivity contribution in [2.24, 2.45) is 0 Å². The summed E-state index contributed by atoms with van der Waals surface area (Å²) in [6.07, 6.45) is 5.94. The summed E-state index contributed by atoms with van der Waals surface area (Å²) in [4.78, 5) is 14.3. The average Bonchev–Trinajstić information content (AvgIpc) is 2.29. The van der Waals surface area contributed by atoms with E-state index in [1.165, 1.54) is 19.3 Å². The molecule has 0 aliphatic carbocycles. The Bertz CT molecular complexity index is 363. The number of piperidine rings is 1. The summed E-state index contributed by atoms with van der Waals surface area (Å²) in [5.74, 6) is 0.619. The van der Waals surface area contributed by atoms with E-state index in [0.717, 1.165) is 19.4 Å². The Kier molecular flexibility index (Phi) is 4.40. The smallest absolute Gasteiger partial charge is 0.231 e. The highest BCUT2D eigenvalue weighted by molar-refractivity contribution is 6.31. The van der Waals surface area contributed by atoms with Crippen LogP contribution < -0.4 is 4.90 Å². The molecule has 94 valence electrons. The molecule has 1 saturated heterocycles. The second kappa shape index (κ2) is 5.83. The van der Waals surface area contributed by atoms with Gasteiger partial charge in [0.05, 0.1) is 0 Å². The quantitative estimate of drug-likeness (QED) is 0.848. The van der Waals surface area contributed by atoms with Crippen molar-refractivity contribution in [3.8, 4) is 0 Å². The predicted molar refractivity (Wildman–Crippen MR) is 69.7 cm³/mol. The van der Waals surface area contributed by atoms with Gasteiger partial charge in [-0.3, -0.25) is 0 Å². The lowest BCUT2D eigenvalue weighted by molar-refractivity contribution is 0.428. The van der Waals surface area contributed by atoms with Crippen molar-refractivity contribution in [1.29, 1.82) is 0 Å². The van der Waals surface area contributed by atoms with Crippen molar-refractivity contribution in [3.63, 3.8) is 0 Å². The molecule has 0 saturated carbocycles. The Hall–Kier alpha value is -0.610. The van der Waals surface area contributed by atoms with Crippen molar-refractivity contribution in [2.45, 2.75) is 45.1 Å². The summed E-state index contributed by atoms with van der Waals surface area (Å²) in [5, 5.41) is 0.335. The van der Waals surface area contributed by atoms with Crippen LogP contribution in [0, 0.1) is 0 Å². The number of hydrogen-bond donors (Lipinski definition) is 0. The van der Waals surface area contributed by atoms with Crippen LogP contribution in [0.1, 0.15) is 39.0 Å². The lowest BCUT2D eigenvalue weighted by Crippen LogP contribution is -2.40. The number of rotatable bonds is 3. The maximum atomic E-state index is 5.82. The van der Waals surface area contributed by atoms with Crippen LogP contribution in [0.4, 0.5) is 5.95 Å². The Balaban J connectivity index is 2.22. The van der Waals surface area contributed by atoms with E-state index in [-0.39, 0.29) is 10.6 Å². The Labute approximate surface area is 111 Å². The molecule has 1 unspecified atom stereocenters. The van der Waals surface area contributed by atoms with E-state index >= 15 is 0 Å². The van der Waals surface area contributed by atoms with E-state index in [1.807, 2.05) is 0 Å². The normalized spacial score (nSPS) is 20.6. The van der Waals surface area contributed by atoms with Gasteiger partial charge in [0.2, 0.25) is 16.5 Å². The van der Waals surface area contributed by atoms with Crippen molar-refractivity contribution >= 4 is 29.2 Å². The largest absolute Gasteiger partial charge is 0.338 e. The minimum Gasteiger partial charge on any atom is -0.338 e. The monoisotopic (exact) mass is 274 g/mol. The molecule has 1 atom stereocenters. The molecule has 0 amide bonds. The molecule has 0 bridgehead atoms. The lowest BCUT2D eigenvalue weighted by atomic mass is 9.99. The number of hydrogen-bond acceptors (Lipinski definition) is 4. The summed E-state index contributed by atoms with van der Waals surface area (Å²) >= 11 is 11.6. The first-order valence-electron chi connectivity index (χ1n) is 6.04. The highest BCUT2D eigenvalue weighted by atomic mass is 35.5. The topological polar surface area (TPSA) is 41.9 Å². The third-order valence-electron chi connectivity index (χ3n) is 3.07. The molecule has 1 aliphatic rings. The van der Waals surface area contributed by atoms with Gasteiger partial charge in [0.25, 0.3) is 0 Å². The zero-order valence-corrected chi connectivity index (χ0v) is 11.4. The van der Waals surface area contributed by atoms with E-state index in [4.69, 9.17) is 23.2 Å². The first-order chi connectivity index (χ1) is 8.20. The molecule has 1 fully saturated rings. The molecule has 0 aromatic carbocycles. The maximum absolute atomic E-state index is 5.82. The Morgan fingerprint density at radius 1 is 1.18 bits per heavy atom. The highest BCUT2D eigenvalue weighted by Crippen LogP contribution is 2.25. The zero-order chi connectivity index (χ0) is 12.3. The fourth-order valence-electron chi connectivity index (χ4n) is 2.34. The van der Waals surface area contributed by atoms with Gasteiger partial charge < -0.3 is 4.90 Å². The van der Waals surface area contributed by atoms with Gasteiger partial charge >= 0.3 is 0 Å². The van der Waals surface area contributed by atoms with Crippen LogP contribution in [0.2, 0.25) is 10.6 Å². The molecule has 2 heterocycles. The second-order valence-electron chi connectivity index (χ2n) is 4.31. The van der Waals surface area contributed by atoms with Crippen LogP contribution in [-0.4, -0.2) is 27.5 Å². The standard InChI is InChI=1S/C11H16Cl2N4/c1-2-5-8-6-3-4-7-17(8)11-15-9(12)14-10(13)16-11/h8H,2-7H2,1H3. The molecule has 1 aliphatic heterocycles. The molecule has 0 radical (unpaired) electrons. The number of aromatic nitrogens is 3. The summed E-state index contributed by atoms with van der Waals surface area (Å²) in [5.41, 5.74) is 0. The number of halogens is 2. The van der Waals surface area contributed by atoms with Crippen LogP contribution in [0.5, 0.6) is 0 Å². The van der Waals surface area contributed by atoms with Gasteiger partial charge in [-0.25, -0.2) is 0 Å². The van der Waals surface area contributed by atoms with Crippen LogP contribution >= 0.6 is 23.2 Å². The van der Waals surface area contributed by atoms with Gasteiger partial charge in [-0.15, -0.1) is 0 Å². The second-order valence-corrected chi connectivity index (χ2v) is 4.98. The van der Waals surface area contributed by atoms with Crippen molar-refractivity contribution in [1.82, 2.24) is 15.0 Å².